The third-order valence-electron chi connectivity index (χ3n) is 7.23. The van der Waals surface area contributed by atoms with Gasteiger partial charge in [0.05, 0.1) is 17.5 Å². The fourth-order valence-corrected chi connectivity index (χ4v) is 5.16. The normalized spacial score (nSPS) is 18.7. The van der Waals surface area contributed by atoms with Gasteiger partial charge >= 0.3 is 5.97 Å². The predicted octanol–water partition coefficient (Wildman–Crippen LogP) is 5.28. The molecule has 3 N–H and O–H groups in total. The number of pyridine rings is 1. The molecule has 1 aromatic heterocycles. The number of aromatic nitrogens is 1. The minimum Gasteiger partial charge on any atom is -0.481 e. The van der Waals surface area contributed by atoms with Crippen LogP contribution in [0.1, 0.15) is 69.9 Å². The quantitative estimate of drug-likeness (QED) is 0.222. The summed E-state index contributed by atoms with van der Waals surface area (Å²) in [6.45, 7) is 3.97. The molecule has 1 fully saturated rings. The Hall–Kier alpha value is -4.00. The van der Waals surface area contributed by atoms with Crippen LogP contribution in [0.3, 0.4) is 0 Å². The lowest BCUT2D eigenvalue weighted by Crippen LogP contribution is -2.38. The predicted molar refractivity (Wildman–Crippen MR) is 142 cm³/mol. The SMILES string of the molecule is Cc1cc(C/C(=N\O)[C@H](c2ccc(C(=O)N[C@H]3CC[C@H](C(=O)O)CC3)cc2)c2ccccc2C)ccn1. The van der Waals surface area contributed by atoms with Crippen LogP contribution in [0.25, 0.3) is 0 Å². The number of aliphatic carboxylic acids is 1. The van der Waals surface area contributed by atoms with Crippen molar-refractivity contribution in [3.63, 3.8) is 0 Å². The Balaban J connectivity index is 1.55. The molecule has 7 heteroatoms. The summed E-state index contributed by atoms with van der Waals surface area (Å²) in [4.78, 5) is 28.3. The lowest BCUT2D eigenvalue weighted by molar-refractivity contribution is -0.142. The highest BCUT2D eigenvalue weighted by molar-refractivity contribution is 5.97. The van der Waals surface area contributed by atoms with E-state index in [9.17, 15) is 19.9 Å². The van der Waals surface area contributed by atoms with E-state index in [4.69, 9.17) is 0 Å². The van der Waals surface area contributed by atoms with Gasteiger partial charge in [-0.05, 0) is 86.1 Å². The molecular formula is C30H33N3O4. The smallest absolute Gasteiger partial charge is 0.306 e. The number of nitrogens with one attached hydrogen (secondary N) is 1. The number of nitrogens with zero attached hydrogens (tertiary/aromatic N) is 2. The summed E-state index contributed by atoms with van der Waals surface area (Å²) in [7, 11) is 0. The molecular weight excluding hydrogens is 466 g/mol. The summed E-state index contributed by atoms with van der Waals surface area (Å²) >= 11 is 0. The van der Waals surface area contributed by atoms with E-state index in [0.717, 1.165) is 27.9 Å². The summed E-state index contributed by atoms with van der Waals surface area (Å²) in [6.07, 6.45) is 4.71. The Labute approximate surface area is 217 Å². The number of aryl methyl sites for hydroxylation is 2. The number of carboxylic acids is 1. The summed E-state index contributed by atoms with van der Waals surface area (Å²) < 4.78 is 0. The van der Waals surface area contributed by atoms with E-state index in [-0.39, 0.29) is 23.8 Å². The van der Waals surface area contributed by atoms with Crippen LogP contribution in [-0.4, -0.2) is 38.9 Å². The highest BCUT2D eigenvalue weighted by Gasteiger charge is 2.27. The molecule has 0 aliphatic heterocycles. The van der Waals surface area contributed by atoms with E-state index in [1.807, 2.05) is 62.4 Å². The third kappa shape index (κ3) is 6.42. The van der Waals surface area contributed by atoms with E-state index >= 15 is 0 Å². The molecule has 3 aromatic rings. The number of hydrogen-bond donors (Lipinski definition) is 3. The van der Waals surface area contributed by atoms with Crippen LogP contribution in [-0.2, 0) is 11.2 Å². The molecule has 1 aliphatic carbocycles. The molecule has 0 unspecified atom stereocenters. The van der Waals surface area contributed by atoms with Gasteiger partial charge in [0, 0.05) is 29.9 Å². The van der Waals surface area contributed by atoms with Gasteiger partial charge in [0.15, 0.2) is 0 Å². The molecule has 0 radical (unpaired) electrons. The lowest BCUT2D eigenvalue weighted by Gasteiger charge is -2.27. The van der Waals surface area contributed by atoms with Crippen molar-refractivity contribution in [1.82, 2.24) is 10.3 Å². The van der Waals surface area contributed by atoms with Crippen molar-refractivity contribution < 1.29 is 19.9 Å². The second-order valence-electron chi connectivity index (χ2n) is 9.85. The first-order valence-corrected chi connectivity index (χ1v) is 12.7. The van der Waals surface area contributed by atoms with Crippen molar-refractivity contribution in [2.45, 2.75) is 57.9 Å². The number of carbonyl (C=O) groups excluding carboxylic acids is 1. The average Bonchev–Trinajstić information content (AvgIpc) is 2.90. The highest BCUT2D eigenvalue weighted by Crippen LogP contribution is 2.31. The number of carbonyl (C=O) groups is 2. The minimum absolute atomic E-state index is 0.0144. The molecule has 1 heterocycles. The summed E-state index contributed by atoms with van der Waals surface area (Å²) in [5.74, 6) is -1.53. The Bertz CT molecular complexity index is 1280. The topological polar surface area (TPSA) is 112 Å². The van der Waals surface area contributed by atoms with Crippen LogP contribution in [0.2, 0.25) is 0 Å². The van der Waals surface area contributed by atoms with Gasteiger partial charge in [-0.1, -0.05) is 41.6 Å². The van der Waals surface area contributed by atoms with Gasteiger partial charge in [-0.15, -0.1) is 0 Å². The number of amides is 1. The summed E-state index contributed by atoms with van der Waals surface area (Å²) in [5, 5.41) is 26.1. The zero-order valence-electron chi connectivity index (χ0n) is 21.2. The Morgan fingerprint density at radius 2 is 1.73 bits per heavy atom. The minimum atomic E-state index is -0.756. The van der Waals surface area contributed by atoms with Gasteiger partial charge in [-0.2, -0.15) is 0 Å². The van der Waals surface area contributed by atoms with Crippen LogP contribution in [0.15, 0.2) is 72.0 Å². The summed E-state index contributed by atoms with van der Waals surface area (Å²) in [6, 6.07) is 19.3. The molecule has 4 rings (SSSR count). The van der Waals surface area contributed by atoms with E-state index < -0.39 is 5.97 Å². The molecule has 1 amide bonds. The molecule has 192 valence electrons. The van der Waals surface area contributed by atoms with Crippen molar-refractivity contribution in [2.75, 3.05) is 0 Å². The van der Waals surface area contributed by atoms with Gasteiger partial charge < -0.3 is 15.6 Å². The fraction of sp³-hybridized carbons (Fsp3) is 0.333. The zero-order chi connectivity index (χ0) is 26.4. The number of benzene rings is 2. The highest BCUT2D eigenvalue weighted by atomic mass is 16.4. The Morgan fingerprint density at radius 1 is 1.03 bits per heavy atom. The molecule has 1 atom stereocenters. The Kier molecular flexibility index (Phi) is 8.33. The van der Waals surface area contributed by atoms with E-state index in [1.54, 1.807) is 18.3 Å². The lowest BCUT2D eigenvalue weighted by atomic mass is 9.82. The molecule has 1 aliphatic rings. The first kappa shape index (κ1) is 26.1. The number of hydrogen-bond acceptors (Lipinski definition) is 5. The van der Waals surface area contributed by atoms with E-state index in [0.29, 0.717) is 43.4 Å². The molecule has 1 saturated carbocycles. The first-order chi connectivity index (χ1) is 17.9. The monoisotopic (exact) mass is 499 g/mol. The van der Waals surface area contributed by atoms with E-state index in [1.165, 1.54) is 0 Å². The van der Waals surface area contributed by atoms with Gasteiger partial charge in [0.1, 0.15) is 0 Å². The van der Waals surface area contributed by atoms with Gasteiger partial charge in [0.25, 0.3) is 5.91 Å². The van der Waals surface area contributed by atoms with Crippen molar-refractivity contribution in [3.05, 3.63) is 100 Å². The third-order valence-corrected chi connectivity index (χ3v) is 7.23. The van der Waals surface area contributed by atoms with Crippen LogP contribution in [0.5, 0.6) is 0 Å². The number of carboxylic acid groups (broad SMARTS) is 1. The number of oxime groups is 1. The van der Waals surface area contributed by atoms with Gasteiger partial charge in [0.2, 0.25) is 0 Å². The van der Waals surface area contributed by atoms with Gasteiger partial charge in [-0.25, -0.2) is 0 Å². The molecule has 7 nitrogen and oxygen atoms in total. The second-order valence-corrected chi connectivity index (χ2v) is 9.85. The maximum Gasteiger partial charge on any atom is 0.306 e. The molecule has 0 spiro atoms. The largest absolute Gasteiger partial charge is 0.481 e. The Morgan fingerprint density at radius 3 is 2.35 bits per heavy atom. The van der Waals surface area contributed by atoms with E-state index in [2.05, 4.69) is 15.5 Å². The van der Waals surface area contributed by atoms with Crippen molar-refractivity contribution >= 4 is 17.6 Å². The molecule has 0 bridgehead atoms. The maximum atomic E-state index is 12.9. The van der Waals surface area contributed by atoms with Gasteiger partial charge in [-0.3, -0.25) is 14.6 Å². The van der Waals surface area contributed by atoms with Crippen LogP contribution in [0, 0.1) is 19.8 Å². The van der Waals surface area contributed by atoms with Crippen molar-refractivity contribution in [3.8, 4) is 0 Å². The average molecular weight is 500 g/mol. The van der Waals surface area contributed by atoms with Crippen LogP contribution < -0.4 is 5.32 Å². The molecule has 37 heavy (non-hydrogen) atoms. The molecule has 0 saturated heterocycles. The van der Waals surface area contributed by atoms with Crippen LogP contribution in [0.4, 0.5) is 0 Å². The maximum absolute atomic E-state index is 12.9. The fourth-order valence-electron chi connectivity index (χ4n) is 5.16. The number of rotatable bonds is 8. The van der Waals surface area contributed by atoms with Crippen molar-refractivity contribution in [2.24, 2.45) is 11.1 Å². The van der Waals surface area contributed by atoms with Crippen LogP contribution >= 0.6 is 0 Å². The standard InChI is InChI=1S/C30H33N3O4/c1-19-5-3-4-6-26(19)28(27(33-37)18-21-15-16-31-20(2)17-21)22-7-9-23(10-8-22)29(34)32-25-13-11-24(12-14-25)30(35)36/h3-10,15-17,24-25,28,37H,11-14,18H2,1-2H3,(H,32,34)(H,35,36)/b33-27+/t24-,25-,28-/m1/s1. The molecule has 2 aromatic carbocycles. The summed E-state index contributed by atoms with van der Waals surface area (Å²) in [5.41, 5.74) is 6.09. The second kappa shape index (κ2) is 11.8. The van der Waals surface area contributed by atoms with Crippen molar-refractivity contribution in [1.29, 1.82) is 0 Å². The first-order valence-electron chi connectivity index (χ1n) is 12.7. The zero-order valence-corrected chi connectivity index (χ0v) is 21.2.